The van der Waals surface area contributed by atoms with E-state index in [0.29, 0.717) is 33.9 Å². The molecule has 144 valence electrons. The van der Waals surface area contributed by atoms with Crippen LogP contribution in [0.4, 0.5) is 5.82 Å². The Balaban J connectivity index is 1.49. The lowest BCUT2D eigenvalue weighted by Gasteiger charge is -2.31. The van der Waals surface area contributed by atoms with Gasteiger partial charge in [-0.1, -0.05) is 29.3 Å². The summed E-state index contributed by atoms with van der Waals surface area (Å²) in [4.78, 5) is 24.8. The highest BCUT2D eigenvalue weighted by molar-refractivity contribution is 6.35. The monoisotopic (exact) mass is 409 g/mol. The summed E-state index contributed by atoms with van der Waals surface area (Å²) >= 11 is 12.2. The van der Waals surface area contributed by atoms with E-state index < -0.39 is 0 Å². The zero-order valence-electron chi connectivity index (χ0n) is 15.0. The van der Waals surface area contributed by atoms with Crippen LogP contribution in [-0.4, -0.2) is 65.4 Å². The number of benzene rings is 1. The van der Waals surface area contributed by atoms with Gasteiger partial charge in [-0.25, -0.2) is 9.97 Å². The number of nitrogens with one attached hydrogen (secondary N) is 1. The summed E-state index contributed by atoms with van der Waals surface area (Å²) in [5, 5.41) is 3.82. The molecular formula is C18H21Cl2N5O2. The van der Waals surface area contributed by atoms with Gasteiger partial charge in [-0.15, -0.1) is 0 Å². The molecule has 2 aromatic rings. The predicted molar refractivity (Wildman–Crippen MR) is 105 cm³/mol. The van der Waals surface area contributed by atoms with Gasteiger partial charge in [0.05, 0.1) is 18.9 Å². The van der Waals surface area contributed by atoms with Crippen molar-refractivity contribution in [1.29, 1.82) is 0 Å². The third kappa shape index (κ3) is 5.77. The van der Waals surface area contributed by atoms with Gasteiger partial charge in [0.25, 0.3) is 0 Å². The third-order valence-corrected chi connectivity index (χ3v) is 4.99. The Labute approximate surface area is 168 Å². The van der Waals surface area contributed by atoms with E-state index in [9.17, 15) is 4.79 Å². The van der Waals surface area contributed by atoms with Crippen LogP contribution in [0, 0.1) is 0 Å². The first-order chi connectivity index (χ1) is 13.0. The summed E-state index contributed by atoms with van der Waals surface area (Å²) in [6.45, 7) is 4.23. The standard InChI is InChI=1S/C18H21Cl2N5O2/c1-24-5-7-25(8-6-24)11-17(26)23-16-9-22-18(10-21-16)27-12-13-14(19)3-2-4-15(13)20/h2-4,9-10H,5-8,11-12H2,1H3,(H,21,23,26). The number of hydrogen-bond acceptors (Lipinski definition) is 6. The zero-order valence-corrected chi connectivity index (χ0v) is 16.5. The lowest BCUT2D eigenvalue weighted by Crippen LogP contribution is -2.47. The van der Waals surface area contributed by atoms with Gasteiger partial charge in [0.2, 0.25) is 11.8 Å². The second kappa shape index (κ2) is 9.32. The highest BCUT2D eigenvalue weighted by atomic mass is 35.5. The first kappa shape index (κ1) is 19.8. The maximum Gasteiger partial charge on any atom is 0.239 e. The summed E-state index contributed by atoms with van der Waals surface area (Å²) in [6.07, 6.45) is 2.92. The van der Waals surface area contributed by atoms with E-state index in [1.54, 1.807) is 18.2 Å². The molecule has 1 aliphatic heterocycles. The Morgan fingerprint density at radius 1 is 1.15 bits per heavy atom. The Hall–Kier alpha value is -1.93. The minimum Gasteiger partial charge on any atom is -0.472 e. The van der Waals surface area contributed by atoms with E-state index in [-0.39, 0.29) is 12.5 Å². The first-order valence-electron chi connectivity index (χ1n) is 8.60. The molecule has 0 aliphatic carbocycles. The molecule has 0 radical (unpaired) electrons. The lowest BCUT2D eigenvalue weighted by atomic mass is 10.2. The molecule has 1 amide bonds. The highest BCUT2D eigenvalue weighted by Crippen LogP contribution is 2.25. The summed E-state index contributed by atoms with van der Waals surface area (Å²) < 4.78 is 5.58. The Bertz CT molecular complexity index is 760. The number of piperazine rings is 1. The number of rotatable bonds is 6. The molecule has 9 heteroatoms. The smallest absolute Gasteiger partial charge is 0.239 e. The number of ether oxygens (including phenoxy) is 1. The number of carbonyl (C=O) groups is 1. The highest BCUT2D eigenvalue weighted by Gasteiger charge is 2.17. The van der Waals surface area contributed by atoms with Crippen molar-refractivity contribution in [2.75, 3.05) is 45.1 Å². The zero-order chi connectivity index (χ0) is 19.2. The van der Waals surface area contributed by atoms with Crippen LogP contribution >= 0.6 is 23.2 Å². The Kier molecular flexibility index (Phi) is 6.84. The van der Waals surface area contributed by atoms with E-state index in [4.69, 9.17) is 27.9 Å². The SMILES string of the molecule is CN1CCN(CC(=O)Nc2cnc(OCc3c(Cl)cccc3Cl)cn2)CC1. The van der Waals surface area contributed by atoms with Crippen LogP contribution in [-0.2, 0) is 11.4 Å². The van der Waals surface area contributed by atoms with Crippen LogP contribution < -0.4 is 10.1 Å². The summed E-state index contributed by atoms with van der Waals surface area (Å²) in [7, 11) is 2.08. The topological polar surface area (TPSA) is 70.6 Å². The van der Waals surface area contributed by atoms with Crippen LogP contribution in [0.5, 0.6) is 5.88 Å². The average Bonchev–Trinajstić information content (AvgIpc) is 2.64. The molecule has 7 nitrogen and oxygen atoms in total. The molecule has 0 bridgehead atoms. The molecule has 1 aliphatic rings. The van der Waals surface area contributed by atoms with E-state index in [1.165, 1.54) is 12.4 Å². The number of hydrogen-bond donors (Lipinski definition) is 1. The van der Waals surface area contributed by atoms with E-state index in [1.807, 2.05) is 0 Å². The summed E-state index contributed by atoms with van der Waals surface area (Å²) in [6, 6.07) is 5.27. The molecule has 0 spiro atoms. The van der Waals surface area contributed by atoms with Crippen molar-refractivity contribution >= 4 is 34.9 Å². The predicted octanol–water partition coefficient (Wildman–Crippen LogP) is 2.55. The minimum absolute atomic E-state index is 0.106. The minimum atomic E-state index is -0.106. The van der Waals surface area contributed by atoms with Gasteiger partial charge < -0.3 is 15.0 Å². The number of halogens is 2. The second-order valence-corrected chi connectivity index (χ2v) is 7.17. The number of amides is 1. The molecule has 0 atom stereocenters. The molecule has 1 saturated heterocycles. The molecule has 1 N–H and O–H groups in total. The van der Waals surface area contributed by atoms with Crippen molar-refractivity contribution in [2.45, 2.75) is 6.61 Å². The van der Waals surface area contributed by atoms with Gasteiger partial charge in [0.1, 0.15) is 6.61 Å². The van der Waals surface area contributed by atoms with Crippen molar-refractivity contribution in [3.05, 3.63) is 46.2 Å². The summed E-state index contributed by atoms with van der Waals surface area (Å²) in [5.74, 6) is 0.602. The van der Waals surface area contributed by atoms with Gasteiger partial charge in [-0.2, -0.15) is 0 Å². The van der Waals surface area contributed by atoms with Crippen molar-refractivity contribution in [1.82, 2.24) is 19.8 Å². The maximum atomic E-state index is 12.1. The van der Waals surface area contributed by atoms with E-state index in [2.05, 4.69) is 32.1 Å². The van der Waals surface area contributed by atoms with Crippen LogP contribution in [0.15, 0.2) is 30.6 Å². The van der Waals surface area contributed by atoms with Gasteiger partial charge in [0, 0.05) is 41.8 Å². The molecule has 3 rings (SSSR count). The van der Waals surface area contributed by atoms with Gasteiger partial charge >= 0.3 is 0 Å². The Morgan fingerprint density at radius 3 is 2.48 bits per heavy atom. The van der Waals surface area contributed by atoms with E-state index >= 15 is 0 Å². The fraction of sp³-hybridized carbons (Fsp3) is 0.389. The molecular weight excluding hydrogens is 389 g/mol. The molecule has 0 unspecified atom stereocenters. The molecule has 2 heterocycles. The molecule has 0 saturated carbocycles. The van der Waals surface area contributed by atoms with Crippen LogP contribution in [0.3, 0.4) is 0 Å². The van der Waals surface area contributed by atoms with Crippen LogP contribution in [0.2, 0.25) is 10.0 Å². The number of anilines is 1. The number of likely N-dealkylation sites (N-methyl/N-ethyl adjacent to an activating group) is 1. The second-order valence-electron chi connectivity index (χ2n) is 6.36. The van der Waals surface area contributed by atoms with Crippen LogP contribution in [0.1, 0.15) is 5.56 Å². The third-order valence-electron chi connectivity index (χ3n) is 4.28. The largest absolute Gasteiger partial charge is 0.472 e. The fourth-order valence-corrected chi connectivity index (χ4v) is 3.17. The molecule has 1 aromatic heterocycles. The van der Waals surface area contributed by atoms with Crippen molar-refractivity contribution in [3.8, 4) is 5.88 Å². The normalized spacial score (nSPS) is 15.5. The van der Waals surface area contributed by atoms with Crippen molar-refractivity contribution in [3.63, 3.8) is 0 Å². The molecule has 27 heavy (non-hydrogen) atoms. The number of aromatic nitrogens is 2. The van der Waals surface area contributed by atoms with Gasteiger partial charge in [-0.05, 0) is 19.2 Å². The van der Waals surface area contributed by atoms with Gasteiger partial charge in [0.15, 0.2) is 5.82 Å². The molecule has 1 fully saturated rings. The van der Waals surface area contributed by atoms with Crippen LogP contribution in [0.25, 0.3) is 0 Å². The summed E-state index contributed by atoms with van der Waals surface area (Å²) in [5.41, 5.74) is 0.687. The Morgan fingerprint density at radius 2 is 1.85 bits per heavy atom. The number of nitrogens with zero attached hydrogens (tertiary/aromatic N) is 4. The van der Waals surface area contributed by atoms with Crippen molar-refractivity contribution < 1.29 is 9.53 Å². The lowest BCUT2D eigenvalue weighted by molar-refractivity contribution is -0.117. The maximum absolute atomic E-state index is 12.1. The fourth-order valence-electron chi connectivity index (χ4n) is 2.66. The van der Waals surface area contributed by atoms with Gasteiger partial charge in [-0.3, -0.25) is 9.69 Å². The molecule has 1 aromatic carbocycles. The first-order valence-corrected chi connectivity index (χ1v) is 9.35. The van der Waals surface area contributed by atoms with E-state index in [0.717, 1.165) is 26.2 Å². The average molecular weight is 410 g/mol. The van der Waals surface area contributed by atoms with Crippen molar-refractivity contribution in [2.24, 2.45) is 0 Å². The number of carbonyl (C=O) groups excluding carboxylic acids is 1. The quantitative estimate of drug-likeness (QED) is 0.790.